The van der Waals surface area contributed by atoms with Crippen molar-refractivity contribution >= 4 is 0 Å². The molecule has 0 aromatic carbocycles. The van der Waals surface area contributed by atoms with E-state index in [-0.39, 0.29) is 0 Å². The number of hydrogen-bond donors (Lipinski definition) is 1. The molecule has 0 bridgehead atoms. The molecule has 102 valence electrons. The molecule has 0 amide bonds. The van der Waals surface area contributed by atoms with Crippen molar-refractivity contribution < 1.29 is 0 Å². The lowest BCUT2D eigenvalue weighted by molar-refractivity contribution is 0.142. The van der Waals surface area contributed by atoms with Crippen LogP contribution in [0.2, 0.25) is 0 Å². The van der Waals surface area contributed by atoms with E-state index in [0.29, 0.717) is 0 Å². The largest absolute Gasteiger partial charge is 0.320 e. The second-order valence-corrected chi connectivity index (χ2v) is 5.53. The van der Waals surface area contributed by atoms with Gasteiger partial charge in [-0.05, 0) is 73.0 Å². The minimum absolute atomic E-state index is 0.837. The quantitative estimate of drug-likeness (QED) is 0.654. The van der Waals surface area contributed by atoms with Crippen LogP contribution in [0.3, 0.4) is 0 Å². The molecule has 0 aromatic rings. The number of unbranched alkanes of at least 4 members (excludes halogenated alkanes) is 3. The van der Waals surface area contributed by atoms with Crippen molar-refractivity contribution in [1.29, 1.82) is 0 Å². The van der Waals surface area contributed by atoms with Gasteiger partial charge in [-0.1, -0.05) is 12.8 Å². The average Bonchev–Trinajstić information content (AvgIpc) is 2.34. The molecule has 1 fully saturated rings. The molecule has 0 spiro atoms. The van der Waals surface area contributed by atoms with Gasteiger partial charge in [0.15, 0.2) is 0 Å². The highest BCUT2D eigenvalue weighted by Crippen LogP contribution is 2.14. The van der Waals surface area contributed by atoms with Gasteiger partial charge < -0.3 is 15.1 Å². The summed E-state index contributed by atoms with van der Waals surface area (Å²) in [7, 11) is 6.58. The van der Waals surface area contributed by atoms with Gasteiger partial charge in [0, 0.05) is 6.04 Å². The minimum Gasteiger partial charge on any atom is -0.320 e. The number of piperidine rings is 1. The van der Waals surface area contributed by atoms with Crippen LogP contribution >= 0.6 is 0 Å². The van der Waals surface area contributed by atoms with E-state index in [1.54, 1.807) is 0 Å². The van der Waals surface area contributed by atoms with Crippen molar-refractivity contribution in [3.63, 3.8) is 0 Å². The van der Waals surface area contributed by atoms with E-state index in [9.17, 15) is 0 Å². The Morgan fingerprint density at radius 2 is 1.76 bits per heavy atom. The second-order valence-electron chi connectivity index (χ2n) is 5.53. The van der Waals surface area contributed by atoms with E-state index in [1.807, 2.05) is 7.05 Å². The first kappa shape index (κ1) is 14.9. The second kappa shape index (κ2) is 8.90. The normalized spacial score (nSPS) is 19.1. The van der Waals surface area contributed by atoms with E-state index in [0.717, 1.165) is 6.04 Å². The Balaban J connectivity index is 1.99. The molecule has 0 saturated carbocycles. The Labute approximate surface area is 108 Å². The highest BCUT2D eigenvalue weighted by atomic mass is 15.2. The third kappa shape index (κ3) is 6.39. The summed E-state index contributed by atoms with van der Waals surface area (Å²) in [6, 6.07) is 0.837. The zero-order chi connectivity index (χ0) is 12.5. The third-order valence-electron chi connectivity index (χ3n) is 4.00. The molecule has 1 aliphatic heterocycles. The van der Waals surface area contributed by atoms with Crippen molar-refractivity contribution in [2.75, 3.05) is 47.3 Å². The Kier molecular flexibility index (Phi) is 7.82. The number of hydrogen-bond acceptors (Lipinski definition) is 3. The Morgan fingerprint density at radius 3 is 2.41 bits per heavy atom. The van der Waals surface area contributed by atoms with Crippen molar-refractivity contribution in [3.05, 3.63) is 0 Å². The zero-order valence-electron chi connectivity index (χ0n) is 12.0. The van der Waals surface area contributed by atoms with Gasteiger partial charge in [-0.3, -0.25) is 0 Å². The summed E-state index contributed by atoms with van der Waals surface area (Å²) >= 11 is 0. The molecule has 1 rings (SSSR count). The fraction of sp³-hybridized carbons (Fsp3) is 1.00. The zero-order valence-corrected chi connectivity index (χ0v) is 12.0. The summed E-state index contributed by atoms with van der Waals surface area (Å²) < 4.78 is 0. The van der Waals surface area contributed by atoms with Crippen LogP contribution < -0.4 is 5.32 Å². The lowest BCUT2D eigenvalue weighted by Gasteiger charge is -2.35. The fourth-order valence-electron chi connectivity index (χ4n) is 2.63. The van der Waals surface area contributed by atoms with E-state index < -0.39 is 0 Å². The van der Waals surface area contributed by atoms with Crippen molar-refractivity contribution in [2.45, 2.75) is 44.6 Å². The number of rotatable bonds is 8. The van der Waals surface area contributed by atoms with Crippen LogP contribution in [0.4, 0.5) is 0 Å². The SMILES string of the molecule is CNCCCCCCN(C)C1CCN(C)CC1. The van der Waals surface area contributed by atoms with E-state index in [2.05, 4.69) is 29.2 Å². The lowest BCUT2D eigenvalue weighted by Crippen LogP contribution is -2.42. The van der Waals surface area contributed by atoms with Crippen LogP contribution in [0.15, 0.2) is 0 Å². The standard InChI is InChI=1S/C14H31N3/c1-15-10-6-4-5-7-11-17(3)14-8-12-16(2)13-9-14/h14-15H,4-13H2,1-3H3. The van der Waals surface area contributed by atoms with E-state index in [1.165, 1.54) is 64.7 Å². The molecule has 0 radical (unpaired) electrons. The molecule has 1 aliphatic rings. The molecule has 1 saturated heterocycles. The summed E-state index contributed by atoms with van der Waals surface area (Å²) in [5, 5.41) is 3.21. The Hall–Kier alpha value is -0.120. The highest BCUT2D eigenvalue weighted by Gasteiger charge is 2.19. The molecule has 0 aliphatic carbocycles. The van der Waals surface area contributed by atoms with Gasteiger partial charge in [0.1, 0.15) is 0 Å². The Bertz CT molecular complexity index is 176. The molecule has 1 N–H and O–H groups in total. The summed E-state index contributed by atoms with van der Waals surface area (Å²) in [5.74, 6) is 0. The summed E-state index contributed by atoms with van der Waals surface area (Å²) in [4.78, 5) is 5.03. The molecule has 0 unspecified atom stereocenters. The minimum atomic E-state index is 0.837. The van der Waals surface area contributed by atoms with Crippen LogP contribution in [0.5, 0.6) is 0 Å². The van der Waals surface area contributed by atoms with Gasteiger partial charge >= 0.3 is 0 Å². The first-order valence-corrected chi connectivity index (χ1v) is 7.27. The predicted octanol–water partition coefficient (Wildman–Crippen LogP) is 1.79. The first-order chi connectivity index (χ1) is 8.24. The lowest BCUT2D eigenvalue weighted by atomic mass is 10.0. The molecule has 3 nitrogen and oxygen atoms in total. The number of nitrogens with one attached hydrogen (secondary N) is 1. The van der Waals surface area contributed by atoms with Gasteiger partial charge in [-0.2, -0.15) is 0 Å². The fourth-order valence-corrected chi connectivity index (χ4v) is 2.63. The topological polar surface area (TPSA) is 18.5 Å². The van der Waals surface area contributed by atoms with Gasteiger partial charge in [0.2, 0.25) is 0 Å². The van der Waals surface area contributed by atoms with Gasteiger partial charge in [-0.25, -0.2) is 0 Å². The van der Waals surface area contributed by atoms with E-state index in [4.69, 9.17) is 0 Å². The predicted molar refractivity (Wildman–Crippen MR) is 75.5 cm³/mol. The first-order valence-electron chi connectivity index (χ1n) is 7.27. The maximum absolute atomic E-state index is 3.21. The molecular weight excluding hydrogens is 210 g/mol. The van der Waals surface area contributed by atoms with Crippen molar-refractivity contribution in [3.8, 4) is 0 Å². The van der Waals surface area contributed by atoms with Crippen LogP contribution in [0, 0.1) is 0 Å². The number of likely N-dealkylation sites (tertiary alicyclic amines) is 1. The molecule has 3 heteroatoms. The maximum Gasteiger partial charge on any atom is 0.0117 e. The van der Waals surface area contributed by atoms with Gasteiger partial charge in [0.05, 0.1) is 0 Å². The third-order valence-corrected chi connectivity index (χ3v) is 4.00. The highest BCUT2D eigenvalue weighted by molar-refractivity contribution is 4.76. The molecule has 0 aromatic heterocycles. The molecule has 17 heavy (non-hydrogen) atoms. The summed E-state index contributed by atoms with van der Waals surface area (Å²) in [5.41, 5.74) is 0. The summed E-state index contributed by atoms with van der Waals surface area (Å²) in [6.45, 7) is 5.01. The van der Waals surface area contributed by atoms with Crippen molar-refractivity contribution in [2.24, 2.45) is 0 Å². The van der Waals surface area contributed by atoms with Crippen LogP contribution in [0.1, 0.15) is 38.5 Å². The maximum atomic E-state index is 3.21. The van der Waals surface area contributed by atoms with Crippen LogP contribution in [-0.2, 0) is 0 Å². The van der Waals surface area contributed by atoms with E-state index >= 15 is 0 Å². The van der Waals surface area contributed by atoms with Gasteiger partial charge in [0.25, 0.3) is 0 Å². The van der Waals surface area contributed by atoms with Crippen LogP contribution in [0.25, 0.3) is 0 Å². The van der Waals surface area contributed by atoms with Gasteiger partial charge in [-0.15, -0.1) is 0 Å². The Morgan fingerprint density at radius 1 is 1.12 bits per heavy atom. The summed E-state index contributed by atoms with van der Waals surface area (Å²) in [6.07, 6.45) is 8.17. The molecular formula is C14H31N3. The molecule has 1 heterocycles. The van der Waals surface area contributed by atoms with Crippen molar-refractivity contribution in [1.82, 2.24) is 15.1 Å². The smallest absolute Gasteiger partial charge is 0.0117 e. The average molecular weight is 241 g/mol. The van der Waals surface area contributed by atoms with Crippen LogP contribution in [-0.4, -0.2) is 63.2 Å². The molecule has 0 atom stereocenters. The monoisotopic (exact) mass is 241 g/mol. The number of nitrogens with zero attached hydrogens (tertiary/aromatic N) is 2.